The van der Waals surface area contributed by atoms with Gasteiger partial charge in [0.2, 0.25) is 0 Å². The zero-order chi connectivity index (χ0) is 32.8. The Labute approximate surface area is 287 Å². The molecule has 4 heteroatoms. The van der Waals surface area contributed by atoms with Crippen LogP contribution in [0.15, 0.2) is 170 Å². The van der Waals surface area contributed by atoms with Crippen LogP contribution in [0.4, 0.5) is 0 Å². The Balaban J connectivity index is 1.17. The van der Waals surface area contributed by atoms with Crippen molar-refractivity contribution in [2.75, 3.05) is 0 Å². The van der Waals surface area contributed by atoms with Crippen molar-refractivity contribution in [2.45, 2.75) is 0 Å². The van der Waals surface area contributed by atoms with E-state index in [1.807, 2.05) is 6.20 Å². The van der Waals surface area contributed by atoms with Gasteiger partial charge in [0.15, 0.2) is 0 Å². The van der Waals surface area contributed by atoms with Gasteiger partial charge >= 0.3 is 0 Å². The van der Waals surface area contributed by atoms with Gasteiger partial charge in [-0.25, -0.2) is 4.98 Å². The minimum absolute atomic E-state index is 0.855. The van der Waals surface area contributed by atoms with E-state index in [1.165, 1.54) is 54.4 Å². The van der Waals surface area contributed by atoms with Gasteiger partial charge in [0.1, 0.15) is 0 Å². The third-order valence-electron chi connectivity index (χ3n) is 10.3. The van der Waals surface area contributed by atoms with Gasteiger partial charge in [-0.15, -0.1) is 0 Å². The van der Waals surface area contributed by atoms with Crippen molar-refractivity contribution in [3.05, 3.63) is 170 Å². The van der Waals surface area contributed by atoms with Crippen molar-refractivity contribution in [3.8, 4) is 22.6 Å². The van der Waals surface area contributed by atoms with Gasteiger partial charge in [0.05, 0.1) is 45.0 Å². The lowest BCUT2D eigenvalue weighted by Crippen LogP contribution is -1.96. The van der Waals surface area contributed by atoms with Crippen molar-refractivity contribution < 1.29 is 0 Å². The average molecular weight is 637 g/mol. The van der Waals surface area contributed by atoms with Crippen LogP contribution in [0, 0.1) is 0 Å². The van der Waals surface area contributed by atoms with Crippen LogP contribution >= 0.6 is 0 Å². The molecule has 3 heterocycles. The summed E-state index contributed by atoms with van der Waals surface area (Å²) in [5.41, 5.74) is 10.7. The van der Waals surface area contributed by atoms with Crippen molar-refractivity contribution in [2.24, 2.45) is 0 Å². The topological polar surface area (TPSA) is 35.6 Å². The summed E-state index contributed by atoms with van der Waals surface area (Å²) < 4.78 is 4.79. The Kier molecular flexibility index (Phi) is 5.63. The lowest BCUT2D eigenvalue weighted by molar-refractivity contribution is 1.17. The molecule has 0 fully saturated rings. The summed E-state index contributed by atoms with van der Waals surface area (Å²) in [7, 11) is 0. The number of fused-ring (bicyclic) bond motifs is 13. The van der Waals surface area contributed by atoms with E-state index in [0.29, 0.717) is 0 Å². The van der Waals surface area contributed by atoms with Crippen molar-refractivity contribution in [1.29, 1.82) is 0 Å². The van der Waals surface area contributed by atoms with Crippen LogP contribution in [0.5, 0.6) is 0 Å². The molecule has 0 saturated heterocycles. The van der Waals surface area contributed by atoms with E-state index in [1.54, 1.807) is 0 Å². The highest BCUT2D eigenvalue weighted by atomic mass is 15.0. The maximum Gasteiger partial charge on any atom is 0.0979 e. The largest absolute Gasteiger partial charge is 0.309 e. The number of para-hydroxylation sites is 3. The molecule has 50 heavy (non-hydrogen) atoms. The standard InChI is InChI=1S/C46H28N4/c1-2-14-30(15-3-1)49-39-23-10-8-21-36(39)43-41(49)25-26-42-44(43)37-22-9-11-24-40(37)50(42)31-16-12-13-29(27-31)38-28-47-45-34-19-6-4-17-32(34)33-18-5-7-20-35(33)46(45)48-38/h1-28H. The molecule has 0 atom stereocenters. The first-order valence-corrected chi connectivity index (χ1v) is 17.0. The fourth-order valence-electron chi connectivity index (χ4n) is 8.22. The smallest absolute Gasteiger partial charge is 0.0979 e. The van der Waals surface area contributed by atoms with Crippen LogP contribution in [0.3, 0.4) is 0 Å². The van der Waals surface area contributed by atoms with Gasteiger partial charge in [-0.05, 0) is 59.3 Å². The summed E-state index contributed by atoms with van der Waals surface area (Å²) in [6.45, 7) is 0. The molecule has 232 valence electrons. The molecule has 0 aliphatic rings. The number of nitrogens with zero attached hydrogens (tertiary/aromatic N) is 4. The van der Waals surface area contributed by atoms with E-state index in [2.05, 4.69) is 173 Å². The minimum atomic E-state index is 0.855. The van der Waals surface area contributed by atoms with E-state index in [-0.39, 0.29) is 0 Å². The summed E-state index contributed by atoms with van der Waals surface area (Å²) in [5, 5.41) is 9.66. The van der Waals surface area contributed by atoms with Crippen molar-refractivity contribution >= 4 is 76.2 Å². The quantitative estimate of drug-likeness (QED) is 0.181. The Bertz CT molecular complexity index is 3110. The number of hydrogen-bond acceptors (Lipinski definition) is 2. The maximum atomic E-state index is 5.30. The third kappa shape index (κ3) is 3.76. The molecule has 11 rings (SSSR count). The second-order valence-electron chi connectivity index (χ2n) is 13.0. The predicted octanol–water partition coefficient (Wildman–Crippen LogP) is 11.8. The highest BCUT2D eigenvalue weighted by molar-refractivity contribution is 6.29. The summed E-state index contributed by atoms with van der Waals surface area (Å²) in [5.74, 6) is 0. The van der Waals surface area contributed by atoms with E-state index < -0.39 is 0 Å². The minimum Gasteiger partial charge on any atom is -0.309 e. The van der Waals surface area contributed by atoms with E-state index in [0.717, 1.165) is 44.4 Å². The lowest BCUT2D eigenvalue weighted by Gasteiger charge is -2.12. The number of hydrogen-bond donors (Lipinski definition) is 0. The van der Waals surface area contributed by atoms with Gasteiger partial charge < -0.3 is 9.13 Å². The molecule has 8 aromatic carbocycles. The van der Waals surface area contributed by atoms with Crippen LogP contribution in [0.25, 0.3) is 98.8 Å². The Morgan fingerprint density at radius 2 is 0.860 bits per heavy atom. The first-order valence-electron chi connectivity index (χ1n) is 17.0. The number of rotatable bonds is 3. The van der Waals surface area contributed by atoms with Gasteiger partial charge in [-0.2, -0.15) is 0 Å². The second-order valence-corrected chi connectivity index (χ2v) is 13.0. The SMILES string of the molecule is c1ccc(-n2c3ccccc3c3c4c5ccccc5n(-c5cccc(-c6cnc7c8ccccc8c8ccccc8c7n6)c5)c4ccc32)cc1. The molecule has 11 aromatic rings. The van der Waals surface area contributed by atoms with Crippen molar-refractivity contribution in [1.82, 2.24) is 19.1 Å². The van der Waals surface area contributed by atoms with Crippen LogP contribution in [-0.4, -0.2) is 19.1 Å². The molecule has 0 aliphatic heterocycles. The number of benzene rings is 8. The summed E-state index contributed by atoms with van der Waals surface area (Å²) in [6, 6.07) is 58.5. The fraction of sp³-hybridized carbons (Fsp3) is 0. The number of aromatic nitrogens is 4. The zero-order valence-corrected chi connectivity index (χ0v) is 27.0. The van der Waals surface area contributed by atoms with E-state index in [4.69, 9.17) is 9.97 Å². The van der Waals surface area contributed by atoms with Crippen LogP contribution in [0.2, 0.25) is 0 Å². The predicted molar refractivity (Wildman–Crippen MR) is 209 cm³/mol. The summed E-state index contributed by atoms with van der Waals surface area (Å²) in [6.07, 6.45) is 1.93. The Hall–Kier alpha value is -6.78. The Morgan fingerprint density at radius 3 is 1.50 bits per heavy atom. The summed E-state index contributed by atoms with van der Waals surface area (Å²) in [4.78, 5) is 10.3. The first kappa shape index (κ1) is 27.2. The maximum absolute atomic E-state index is 5.30. The molecular weight excluding hydrogens is 609 g/mol. The molecule has 0 spiro atoms. The van der Waals surface area contributed by atoms with Gasteiger partial charge in [-0.3, -0.25) is 4.98 Å². The fourth-order valence-corrected chi connectivity index (χ4v) is 8.22. The zero-order valence-electron chi connectivity index (χ0n) is 27.0. The monoisotopic (exact) mass is 636 g/mol. The van der Waals surface area contributed by atoms with Crippen molar-refractivity contribution in [3.63, 3.8) is 0 Å². The van der Waals surface area contributed by atoms with Gasteiger partial charge in [0, 0.05) is 49.3 Å². The van der Waals surface area contributed by atoms with E-state index >= 15 is 0 Å². The van der Waals surface area contributed by atoms with Crippen LogP contribution < -0.4 is 0 Å². The highest BCUT2D eigenvalue weighted by Gasteiger charge is 2.20. The molecule has 0 bridgehead atoms. The molecule has 0 saturated carbocycles. The highest BCUT2D eigenvalue weighted by Crippen LogP contribution is 2.42. The van der Waals surface area contributed by atoms with E-state index in [9.17, 15) is 0 Å². The Morgan fingerprint density at radius 1 is 0.360 bits per heavy atom. The average Bonchev–Trinajstić information content (AvgIpc) is 3.71. The van der Waals surface area contributed by atoms with Gasteiger partial charge in [0.25, 0.3) is 0 Å². The molecular formula is C46H28N4. The molecule has 4 nitrogen and oxygen atoms in total. The molecule has 3 aromatic heterocycles. The first-order chi connectivity index (χ1) is 24.8. The lowest BCUT2D eigenvalue weighted by atomic mass is 9.99. The molecule has 0 radical (unpaired) electrons. The molecule has 0 amide bonds. The normalized spacial score (nSPS) is 12.0. The molecule has 0 N–H and O–H groups in total. The summed E-state index contributed by atoms with van der Waals surface area (Å²) >= 11 is 0. The van der Waals surface area contributed by atoms with Crippen LogP contribution in [0.1, 0.15) is 0 Å². The second kappa shape index (κ2) is 10.4. The van der Waals surface area contributed by atoms with Crippen LogP contribution in [-0.2, 0) is 0 Å². The van der Waals surface area contributed by atoms with Gasteiger partial charge in [-0.1, -0.05) is 115 Å². The molecule has 0 unspecified atom stereocenters. The molecule has 0 aliphatic carbocycles. The third-order valence-corrected chi connectivity index (χ3v) is 10.3.